The number of hydrogen-bond donors (Lipinski definition) is 1. The van der Waals surface area contributed by atoms with Crippen LogP contribution in [0.25, 0.3) is 38.8 Å². The van der Waals surface area contributed by atoms with E-state index in [9.17, 15) is 14.7 Å². The predicted molar refractivity (Wildman–Crippen MR) is 292 cm³/mol. The second-order valence-electron chi connectivity index (χ2n) is 19.9. The number of fused-ring (bicyclic) bond motifs is 6. The highest BCUT2D eigenvalue weighted by molar-refractivity contribution is 7.16. The Hall–Kier alpha value is -6.83. The number of hydrazone groups is 1. The maximum atomic E-state index is 13.6. The van der Waals surface area contributed by atoms with Gasteiger partial charge in [0.05, 0.1) is 11.3 Å². The highest BCUT2D eigenvalue weighted by atomic mass is 32.1. The lowest BCUT2D eigenvalue weighted by Gasteiger charge is -2.43. The van der Waals surface area contributed by atoms with E-state index >= 15 is 0 Å². The van der Waals surface area contributed by atoms with Crippen LogP contribution >= 0.6 is 11.3 Å². The summed E-state index contributed by atoms with van der Waals surface area (Å²) in [5.41, 5.74) is 15.5. The molecule has 1 N–H and O–H groups in total. The molecule has 2 aliphatic carbocycles. The molecule has 2 heterocycles. The molecule has 1 aromatic heterocycles. The van der Waals surface area contributed by atoms with E-state index in [2.05, 4.69) is 175 Å². The maximum Gasteiger partial charge on any atom is 0.357 e. The lowest BCUT2D eigenvalue weighted by molar-refractivity contribution is -0.129. The van der Waals surface area contributed by atoms with Crippen molar-refractivity contribution in [1.82, 2.24) is 0 Å². The third-order valence-electron chi connectivity index (χ3n) is 16.7. The first-order chi connectivity index (χ1) is 33.9. The van der Waals surface area contributed by atoms with Gasteiger partial charge in [-0.05, 0) is 140 Å². The Morgan fingerprint density at radius 2 is 1.04 bits per heavy atom. The molecule has 3 aliphatic rings. The number of aliphatic carboxylic acids is 1. The normalized spacial score (nSPS) is 20.1. The van der Waals surface area contributed by atoms with Crippen LogP contribution in [-0.2, 0) is 20.4 Å². The lowest BCUT2D eigenvalue weighted by Crippen LogP contribution is -2.39. The summed E-state index contributed by atoms with van der Waals surface area (Å²) in [6.07, 6.45) is 5.95. The van der Waals surface area contributed by atoms with Crippen molar-refractivity contribution in [3.05, 3.63) is 184 Å². The average molecular weight is 942 g/mol. The standard InChI is InChI=1S/C63H63N3O3S/c1-9-39(5)62(40(6)10-2)54-24-18-16-22-49(54)51-33-30-46(36-56(51)62)65(47-31-34-52-50-23-17-19-25-55(50)63(41(7)11-3,42(8)12-4)57(52)37-47)44-28-26-43(27-29-44)58-35-32-48(70-58)38-53-59(61(68)69)64-66(60(53)67)45-20-14-13-15-21-45/h13-42H,9-12H2,1-8H3,(H,68,69). The van der Waals surface area contributed by atoms with Crippen molar-refractivity contribution in [2.45, 2.75) is 91.9 Å². The van der Waals surface area contributed by atoms with E-state index in [-0.39, 0.29) is 22.1 Å². The molecule has 0 radical (unpaired) electrons. The Kier molecular flexibility index (Phi) is 12.4. The van der Waals surface area contributed by atoms with Gasteiger partial charge in [-0.3, -0.25) is 4.79 Å². The minimum absolute atomic E-state index is 0.0574. The van der Waals surface area contributed by atoms with Crippen molar-refractivity contribution in [2.24, 2.45) is 28.8 Å². The molecule has 6 nitrogen and oxygen atoms in total. The molecule has 10 rings (SSSR count). The molecule has 0 fully saturated rings. The maximum absolute atomic E-state index is 13.6. The largest absolute Gasteiger partial charge is 0.476 e. The van der Waals surface area contributed by atoms with Crippen molar-refractivity contribution in [2.75, 3.05) is 9.91 Å². The number of thiophene rings is 1. The quantitative estimate of drug-likeness (QED) is 0.104. The number of anilines is 4. The zero-order valence-corrected chi connectivity index (χ0v) is 42.5. The van der Waals surface area contributed by atoms with Gasteiger partial charge in [0.25, 0.3) is 5.91 Å². The Labute approximate surface area is 418 Å². The van der Waals surface area contributed by atoms with Gasteiger partial charge in [-0.15, -0.1) is 11.3 Å². The third-order valence-corrected chi connectivity index (χ3v) is 17.8. The van der Waals surface area contributed by atoms with E-state index in [4.69, 9.17) is 0 Å². The molecule has 4 unspecified atom stereocenters. The second kappa shape index (κ2) is 18.5. The van der Waals surface area contributed by atoms with E-state index in [1.165, 1.54) is 55.8 Å². The molecular weight excluding hydrogens is 879 g/mol. The Balaban J connectivity index is 1.11. The van der Waals surface area contributed by atoms with Crippen LogP contribution < -0.4 is 9.91 Å². The number of nitrogens with zero attached hydrogens (tertiary/aromatic N) is 3. The van der Waals surface area contributed by atoms with Gasteiger partial charge in [0, 0.05) is 37.6 Å². The summed E-state index contributed by atoms with van der Waals surface area (Å²) >= 11 is 1.52. The topological polar surface area (TPSA) is 73.2 Å². The SMILES string of the molecule is CCC(C)C1(C(C)CC)c2ccccc2-c2ccc(N(c3ccc(-c4ccc(C=C5C(=O)N(c6ccccc6)N=C5C(=O)O)s4)cc3)c3ccc4c(c3)C(C(C)CC)(C(C)CC)c3ccccc3-4)cc21. The first-order valence-electron chi connectivity index (χ1n) is 25.4. The van der Waals surface area contributed by atoms with Crippen molar-refractivity contribution in [3.63, 3.8) is 0 Å². The molecule has 6 aromatic carbocycles. The number of para-hydroxylation sites is 1. The number of carbonyl (C=O) groups is 2. The lowest BCUT2D eigenvalue weighted by atomic mass is 9.60. The molecule has 354 valence electrons. The van der Waals surface area contributed by atoms with Gasteiger partial charge < -0.3 is 10.0 Å². The summed E-state index contributed by atoms with van der Waals surface area (Å²) in [7, 11) is 0. The fourth-order valence-corrected chi connectivity index (χ4v) is 13.7. The van der Waals surface area contributed by atoms with Gasteiger partial charge >= 0.3 is 5.97 Å². The third kappa shape index (κ3) is 7.14. The first-order valence-corrected chi connectivity index (χ1v) is 26.2. The van der Waals surface area contributed by atoms with Crippen molar-refractivity contribution >= 4 is 57.8 Å². The van der Waals surface area contributed by atoms with Gasteiger partial charge in [0.15, 0.2) is 5.71 Å². The van der Waals surface area contributed by atoms with Gasteiger partial charge in [-0.1, -0.05) is 172 Å². The van der Waals surface area contributed by atoms with E-state index < -0.39 is 11.9 Å². The summed E-state index contributed by atoms with van der Waals surface area (Å²) in [6, 6.07) is 54.5. The van der Waals surface area contributed by atoms with Crippen LogP contribution in [0.15, 0.2) is 162 Å². The highest BCUT2D eigenvalue weighted by Gasteiger charge is 2.51. The number of carboxylic acid groups (broad SMARTS) is 1. The monoisotopic (exact) mass is 941 g/mol. The Bertz CT molecular complexity index is 3060. The number of hydrogen-bond acceptors (Lipinski definition) is 5. The smallest absolute Gasteiger partial charge is 0.357 e. The van der Waals surface area contributed by atoms with Crippen molar-refractivity contribution < 1.29 is 14.7 Å². The number of amides is 1. The molecule has 0 saturated carbocycles. The average Bonchev–Trinajstić information content (AvgIpc) is 4.15. The molecule has 1 amide bonds. The predicted octanol–water partition coefficient (Wildman–Crippen LogP) is 16.5. The first kappa shape index (κ1) is 46.9. The minimum Gasteiger partial charge on any atom is -0.476 e. The number of benzene rings is 6. The van der Waals surface area contributed by atoms with E-state index in [1.807, 2.05) is 18.2 Å². The number of carbonyl (C=O) groups excluding carboxylic acids is 1. The van der Waals surface area contributed by atoms with E-state index in [1.54, 1.807) is 30.3 Å². The summed E-state index contributed by atoms with van der Waals surface area (Å²) in [5.74, 6) is -0.0377. The molecule has 1 aliphatic heterocycles. The molecular formula is C63H63N3O3S. The highest BCUT2D eigenvalue weighted by Crippen LogP contribution is 2.61. The van der Waals surface area contributed by atoms with Crippen LogP contribution in [0, 0.1) is 23.7 Å². The fraction of sp³-hybridized carbons (Fsp3) is 0.286. The Morgan fingerprint density at radius 3 is 1.53 bits per heavy atom. The fourth-order valence-electron chi connectivity index (χ4n) is 12.7. The van der Waals surface area contributed by atoms with Crippen molar-refractivity contribution in [1.29, 1.82) is 0 Å². The number of carboxylic acids is 1. The molecule has 4 atom stereocenters. The van der Waals surface area contributed by atoms with Crippen LogP contribution in [0.5, 0.6) is 0 Å². The van der Waals surface area contributed by atoms with Crippen molar-refractivity contribution in [3.8, 4) is 32.7 Å². The summed E-state index contributed by atoms with van der Waals surface area (Å²) in [4.78, 5) is 30.2. The second-order valence-corrected chi connectivity index (χ2v) is 21.0. The van der Waals surface area contributed by atoms with Gasteiger partial charge in [-0.25, -0.2) is 4.79 Å². The van der Waals surface area contributed by atoms with Crippen LogP contribution in [0.4, 0.5) is 22.7 Å². The summed E-state index contributed by atoms with van der Waals surface area (Å²) in [5, 5.41) is 15.5. The molecule has 7 aromatic rings. The molecule has 0 saturated heterocycles. The molecule has 70 heavy (non-hydrogen) atoms. The van der Waals surface area contributed by atoms with Gasteiger partial charge in [0.2, 0.25) is 0 Å². The van der Waals surface area contributed by atoms with Gasteiger partial charge in [0.1, 0.15) is 0 Å². The van der Waals surface area contributed by atoms with Crippen LogP contribution in [0.1, 0.15) is 108 Å². The Morgan fingerprint density at radius 1 is 0.586 bits per heavy atom. The van der Waals surface area contributed by atoms with Crippen LogP contribution in [0.3, 0.4) is 0 Å². The zero-order valence-electron chi connectivity index (χ0n) is 41.7. The number of rotatable bonds is 15. The van der Waals surface area contributed by atoms with E-state index in [0.29, 0.717) is 29.4 Å². The summed E-state index contributed by atoms with van der Waals surface area (Å²) in [6.45, 7) is 19.2. The summed E-state index contributed by atoms with van der Waals surface area (Å²) < 4.78 is 0. The molecule has 7 heteroatoms. The zero-order chi connectivity index (χ0) is 49.1. The minimum atomic E-state index is -1.24. The molecule has 0 bridgehead atoms. The molecule has 0 spiro atoms. The van der Waals surface area contributed by atoms with Crippen LogP contribution in [-0.4, -0.2) is 22.7 Å². The van der Waals surface area contributed by atoms with Gasteiger partial charge in [-0.2, -0.15) is 10.1 Å². The van der Waals surface area contributed by atoms with E-state index in [0.717, 1.165) is 63.1 Å². The van der Waals surface area contributed by atoms with Crippen LogP contribution in [0.2, 0.25) is 0 Å².